The van der Waals surface area contributed by atoms with Crippen LogP contribution < -0.4 is 10.5 Å². The molecular weight excluding hydrogens is 248 g/mol. The van der Waals surface area contributed by atoms with E-state index in [2.05, 4.69) is 4.72 Å². The summed E-state index contributed by atoms with van der Waals surface area (Å²) in [5.41, 5.74) is 7.23. The quantitative estimate of drug-likeness (QED) is 0.850. The number of benzene rings is 1. The smallest absolute Gasteiger partial charge is 0.241 e. The lowest BCUT2D eigenvalue weighted by molar-refractivity contribution is 0.537. The molecule has 0 aromatic heterocycles. The Morgan fingerprint density at radius 1 is 1.44 bits per heavy atom. The third-order valence-corrected chi connectivity index (χ3v) is 5.28. The number of hydrogen-bond donors (Lipinski definition) is 2. The predicted molar refractivity (Wildman–Crippen MR) is 71.6 cm³/mol. The largest absolute Gasteiger partial charge is 0.326 e. The van der Waals surface area contributed by atoms with Gasteiger partial charge in [0.25, 0.3) is 0 Å². The van der Waals surface area contributed by atoms with Crippen molar-refractivity contribution in [3.63, 3.8) is 0 Å². The predicted octanol–water partition coefficient (Wildman–Crippen LogP) is 1.53. The Morgan fingerprint density at radius 3 is 2.67 bits per heavy atom. The maximum Gasteiger partial charge on any atom is 0.241 e. The average Bonchev–Trinajstić information content (AvgIpc) is 3.12. The second-order valence-electron chi connectivity index (χ2n) is 4.99. The Kier molecular flexibility index (Phi) is 3.75. The van der Waals surface area contributed by atoms with Gasteiger partial charge in [0, 0.05) is 12.6 Å². The second kappa shape index (κ2) is 4.99. The molecule has 18 heavy (non-hydrogen) atoms. The number of nitrogens with two attached hydrogens (primary N) is 1. The first-order chi connectivity index (χ1) is 8.45. The van der Waals surface area contributed by atoms with Crippen molar-refractivity contribution in [1.29, 1.82) is 0 Å². The monoisotopic (exact) mass is 268 g/mol. The van der Waals surface area contributed by atoms with Gasteiger partial charge in [0.2, 0.25) is 10.0 Å². The molecular formula is C13H20N2O2S. The van der Waals surface area contributed by atoms with Crippen LogP contribution in [0.3, 0.4) is 0 Å². The summed E-state index contributed by atoms with van der Waals surface area (Å²) in [6.07, 6.45) is 2.23. The van der Waals surface area contributed by atoms with E-state index in [0.29, 0.717) is 17.4 Å². The van der Waals surface area contributed by atoms with Crippen LogP contribution in [-0.2, 0) is 16.6 Å². The molecule has 0 amide bonds. The highest BCUT2D eigenvalue weighted by Crippen LogP contribution is 2.33. The first-order valence-electron chi connectivity index (χ1n) is 6.26. The van der Waals surface area contributed by atoms with Gasteiger partial charge in [0.15, 0.2) is 0 Å². The molecule has 2 rings (SSSR count). The molecule has 1 saturated carbocycles. The minimum Gasteiger partial charge on any atom is -0.326 e. The maximum atomic E-state index is 12.3. The lowest BCUT2D eigenvalue weighted by Crippen LogP contribution is -2.34. The van der Waals surface area contributed by atoms with Crippen molar-refractivity contribution < 1.29 is 8.42 Å². The Hall–Kier alpha value is -0.910. The Labute approximate surface area is 109 Å². The summed E-state index contributed by atoms with van der Waals surface area (Å²) in [6.45, 7) is 4.09. The van der Waals surface area contributed by atoms with Crippen molar-refractivity contribution in [2.24, 2.45) is 11.7 Å². The van der Waals surface area contributed by atoms with Gasteiger partial charge in [-0.05, 0) is 49.8 Å². The van der Waals surface area contributed by atoms with Crippen LogP contribution in [0.15, 0.2) is 23.1 Å². The van der Waals surface area contributed by atoms with E-state index in [1.165, 1.54) is 0 Å². The van der Waals surface area contributed by atoms with Crippen LogP contribution in [0.4, 0.5) is 0 Å². The maximum absolute atomic E-state index is 12.3. The van der Waals surface area contributed by atoms with Gasteiger partial charge in [-0.15, -0.1) is 0 Å². The summed E-state index contributed by atoms with van der Waals surface area (Å²) < 4.78 is 27.4. The molecule has 1 fully saturated rings. The zero-order valence-corrected chi connectivity index (χ0v) is 11.6. The van der Waals surface area contributed by atoms with Gasteiger partial charge in [-0.3, -0.25) is 0 Å². The minimum absolute atomic E-state index is 0.0101. The number of rotatable bonds is 5. The number of nitrogens with one attached hydrogen (secondary N) is 1. The molecule has 1 atom stereocenters. The molecule has 3 N–H and O–H groups in total. The van der Waals surface area contributed by atoms with Crippen molar-refractivity contribution >= 4 is 10.0 Å². The van der Waals surface area contributed by atoms with Crippen LogP contribution in [0.5, 0.6) is 0 Å². The lowest BCUT2D eigenvalue weighted by atomic mass is 10.1. The van der Waals surface area contributed by atoms with E-state index >= 15 is 0 Å². The molecule has 1 aliphatic carbocycles. The summed E-state index contributed by atoms with van der Waals surface area (Å²) in [5.74, 6) is 0.498. The molecule has 1 aromatic carbocycles. The van der Waals surface area contributed by atoms with Crippen LogP contribution in [0.2, 0.25) is 0 Å². The van der Waals surface area contributed by atoms with Gasteiger partial charge in [0.1, 0.15) is 0 Å². The lowest BCUT2D eigenvalue weighted by Gasteiger charge is -2.16. The molecule has 0 heterocycles. The van der Waals surface area contributed by atoms with Crippen molar-refractivity contribution in [3.8, 4) is 0 Å². The minimum atomic E-state index is -3.43. The summed E-state index contributed by atoms with van der Waals surface area (Å²) in [5, 5.41) is 0. The fourth-order valence-corrected chi connectivity index (χ4v) is 3.77. The van der Waals surface area contributed by atoms with Crippen molar-refractivity contribution in [2.75, 3.05) is 0 Å². The molecule has 5 heteroatoms. The summed E-state index contributed by atoms with van der Waals surface area (Å²) in [6, 6.07) is 5.25. The Bertz CT molecular complexity index is 536. The first-order valence-corrected chi connectivity index (χ1v) is 7.75. The number of sulfonamides is 1. The van der Waals surface area contributed by atoms with E-state index in [1.54, 1.807) is 19.1 Å². The van der Waals surface area contributed by atoms with Gasteiger partial charge < -0.3 is 5.73 Å². The van der Waals surface area contributed by atoms with Gasteiger partial charge in [-0.1, -0.05) is 12.1 Å². The normalized spacial score (nSPS) is 17.7. The Morgan fingerprint density at radius 2 is 2.11 bits per heavy atom. The van der Waals surface area contributed by atoms with E-state index in [0.717, 1.165) is 24.0 Å². The van der Waals surface area contributed by atoms with E-state index in [1.807, 2.05) is 13.0 Å². The van der Waals surface area contributed by atoms with Crippen molar-refractivity contribution in [1.82, 2.24) is 4.72 Å². The molecule has 0 saturated heterocycles. The molecule has 100 valence electrons. The van der Waals surface area contributed by atoms with Crippen LogP contribution in [-0.4, -0.2) is 14.5 Å². The van der Waals surface area contributed by atoms with Gasteiger partial charge in [-0.25, -0.2) is 13.1 Å². The van der Waals surface area contributed by atoms with E-state index < -0.39 is 10.0 Å². The zero-order chi connectivity index (χ0) is 13.3. The topological polar surface area (TPSA) is 72.2 Å². The molecule has 4 nitrogen and oxygen atoms in total. The highest BCUT2D eigenvalue weighted by atomic mass is 32.2. The van der Waals surface area contributed by atoms with Crippen LogP contribution in [0.1, 0.15) is 30.9 Å². The standard InChI is InChI=1S/C13H20N2O2S/c1-9-12(8-14)4-3-5-13(9)18(16,17)15-10(2)11-6-7-11/h3-5,10-11,15H,6-8,14H2,1-2H3. The van der Waals surface area contributed by atoms with E-state index in [-0.39, 0.29) is 6.04 Å². The van der Waals surface area contributed by atoms with Crippen LogP contribution in [0.25, 0.3) is 0 Å². The summed E-state index contributed by atoms with van der Waals surface area (Å²) >= 11 is 0. The molecule has 0 radical (unpaired) electrons. The molecule has 0 bridgehead atoms. The SMILES string of the molecule is Cc1c(CN)cccc1S(=O)(=O)NC(C)C1CC1. The Balaban J connectivity index is 2.28. The molecule has 1 unspecified atom stereocenters. The van der Waals surface area contributed by atoms with Gasteiger partial charge in [0.05, 0.1) is 4.90 Å². The van der Waals surface area contributed by atoms with Gasteiger partial charge >= 0.3 is 0 Å². The van der Waals surface area contributed by atoms with Crippen molar-refractivity contribution in [2.45, 2.75) is 44.2 Å². The average molecular weight is 268 g/mol. The van der Waals surface area contributed by atoms with Crippen molar-refractivity contribution in [3.05, 3.63) is 29.3 Å². The van der Waals surface area contributed by atoms with Gasteiger partial charge in [-0.2, -0.15) is 0 Å². The number of hydrogen-bond acceptors (Lipinski definition) is 3. The van der Waals surface area contributed by atoms with Crippen LogP contribution >= 0.6 is 0 Å². The van der Waals surface area contributed by atoms with Crippen LogP contribution in [0, 0.1) is 12.8 Å². The fourth-order valence-electron chi connectivity index (χ4n) is 2.17. The highest BCUT2D eigenvalue weighted by molar-refractivity contribution is 7.89. The summed E-state index contributed by atoms with van der Waals surface area (Å²) in [4.78, 5) is 0.345. The second-order valence-corrected chi connectivity index (χ2v) is 6.67. The zero-order valence-electron chi connectivity index (χ0n) is 10.8. The molecule has 1 aromatic rings. The molecule has 0 aliphatic heterocycles. The molecule has 1 aliphatic rings. The van der Waals surface area contributed by atoms with E-state index in [9.17, 15) is 8.42 Å². The third kappa shape index (κ3) is 2.74. The highest BCUT2D eigenvalue weighted by Gasteiger charge is 2.31. The third-order valence-electron chi connectivity index (χ3n) is 3.58. The summed E-state index contributed by atoms with van der Waals surface area (Å²) in [7, 11) is -3.43. The molecule has 0 spiro atoms. The fraction of sp³-hybridized carbons (Fsp3) is 0.538. The van der Waals surface area contributed by atoms with E-state index in [4.69, 9.17) is 5.73 Å². The first kappa shape index (κ1) is 13.5.